The van der Waals surface area contributed by atoms with E-state index < -0.39 is 0 Å². The normalized spacial score (nSPS) is 12.9. The van der Waals surface area contributed by atoms with Crippen LogP contribution in [0.3, 0.4) is 0 Å². The Morgan fingerprint density at radius 3 is 2.46 bits per heavy atom. The van der Waals surface area contributed by atoms with Gasteiger partial charge in [-0.25, -0.2) is 0 Å². The maximum absolute atomic E-state index is 4.27. The van der Waals surface area contributed by atoms with Gasteiger partial charge < -0.3 is 0 Å². The Bertz CT molecular complexity index is 293. The quantitative estimate of drug-likeness (QED) is 0.687. The Kier molecular flexibility index (Phi) is 2.35. The Hall–Kier alpha value is -0.840. The first-order valence-electron chi connectivity index (χ1n) is 4.42. The molecule has 0 aliphatic carbocycles. The van der Waals surface area contributed by atoms with E-state index in [0.29, 0.717) is 0 Å². The van der Waals surface area contributed by atoms with Crippen molar-refractivity contribution in [3.63, 3.8) is 0 Å². The minimum absolute atomic E-state index is 0.827. The lowest BCUT2D eigenvalue weighted by molar-refractivity contribution is 0.689. The summed E-state index contributed by atoms with van der Waals surface area (Å²) in [6.07, 6.45) is 4.34. The van der Waals surface area contributed by atoms with Crippen LogP contribution in [0, 0.1) is 0 Å². The van der Waals surface area contributed by atoms with Crippen LogP contribution in [0.25, 0.3) is 0 Å². The lowest BCUT2D eigenvalue weighted by Crippen LogP contribution is -2.31. The molecule has 0 amide bonds. The third-order valence-corrected chi connectivity index (χ3v) is 2.54. The average Bonchev–Trinajstić information content (AvgIpc) is 2.18. The average molecular weight is 196 g/mol. The molecule has 2 aliphatic rings. The summed E-state index contributed by atoms with van der Waals surface area (Å²) in [5, 5.41) is 0.827. The molecular weight excluding hydrogens is 184 g/mol. The fourth-order valence-electron chi connectivity index (χ4n) is 1.23. The maximum Gasteiger partial charge on any atom is 0.238 e. The highest BCUT2D eigenvalue weighted by Crippen LogP contribution is 2.30. The number of rotatable bonds is 4. The van der Waals surface area contributed by atoms with Gasteiger partial charge in [0, 0.05) is 6.54 Å². The summed E-state index contributed by atoms with van der Waals surface area (Å²) in [4.78, 5) is 14.8. The van der Waals surface area contributed by atoms with Crippen LogP contribution in [0.15, 0.2) is 5.16 Å². The van der Waals surface area contributed by atoms with Crippen LogP contribution in [0.4, 0.5) is 11.9 Å². The Morgan fingerprint density at radius 1 is 1.23 bits per heavy atom. The van der Waals surface area contributed by atoms with Crippen molar-refractivity contribution in [3.8, 4) is 0 Å². The van der Waals surface area contributed by atoms with Gasteiger partial charge in [-0.15, -0.1) is 0 Å². The van der Waals surface area contributed by atoms with Crippen LogP contribution >= 0.6 is 11.8 Å². The highest BCUT2D eigenvalue weighted by molar-refractivity contribution is 7.98. The summed E-state index contributed by atoms with van der Waals surface area (Å²) in [7, 11) is 0. The first kappa shape index (κ1) is 8.74. The molecule has 0 saturated carbocycles. The molecule has 0 spiro atoms. The van der Waals surface area contributed by atoms with Gasteiger partial charge in [0.1, 0.15) is 0 Å². The van der Waals surface area contributed by atoms with Gasteiger partial charge in [0.25, 0.3) is 0 Å². The molecule has 3 rings (SSSR count). The van der Waals surface area contributed by atoms with Crippen LogP contribution in [0.5, 0.6) is 0 Å². The molecule has 0 atom stereocenters. The van der Waals surface area contributed by atoms with Crippen LogP contribution in [-0.4, -0.2) is 27.8 Å². The Morgan fingerprint density at radius 2 is 1.92 bits per heavy atom. The maximum atomic E-state index is 4.27. The van der Waals surface area contributed by atoms with Gasteiger partial charge in [-0.05, 0) is 12.7 Å². The highest BCUT2D eigenvalue weighted by atomic mass is 32.2. The van der Waals surface area contributed by atoms with Gasteiger partial charge in [-0.1, -0.05) is 25.1 Å². The van der Waals surface area contributed by atoms with Crippen molar-refractivity contribution >= 4 is 23.7 Å². The molecule has 2 bridgehead atoms. The molecule has 1 aromatic heterocycles. The molecular formula is C8H12N4S. The number of anilines is 2. The molecule has 5 heteroatoms. The predicted octanol–water partition coefficient (Wildman–Crippen LogP) is 1.85. The summed E-state index contributed by atoms with van der Waals surface area (Å²) in [5.41, 5.74) is 0. The van der Waals surface area contributed by atoms with E-state index in [1.54, 1.807) is 11.8 Å². The SMILES string of the molecule is CCCCN1c2nc(SC)nc1n2. The van der Waals surface area contributed by atoms with Gasteiger partial charge in [0.2, 0.25) is 11.9 Å². The van der Waals surface area contributed by atoms with Gasteiger partial charge in [-0.2, -0.15) is 15.0 Å². The lowest BCUT2D eigenvalue weighted by Gasteiger charge is -2.28. The van der Waals surface area contributed by atoms with Crippen molar-refractivity contribution in [2.75, 3.05) is 17.7 Å². The van der Waals surface area contributed by atoms with Crippen molar-refractivity contribution in [2.24, 2.45) is 0 Å². The predicted molar refractivity (Wildman–Crippen MR) is 53.5 cm³/mol. The molecule has 0 unspecified atom stereocenters. The molecule has 4 nitrogen and oxygen atoms in total. The smallest absolute Gasteiger partial charge is 0.238 e. The third-order valence-electron chi connectivity index (χ3n) is 1.99. The van der Waals surface area contributed by atoms with E-state index in [4.69, 9.17) is 0 Å². The standard InChI is InChI=1S/C8H12N4S/c1-3-4-5-12-6-9-7(12)11-8(10-6)13-2/h3-5H2,1-2H3. The van der Waals surface area contributed by atoms with Gasteiger partial charge in [0.15, 0.2) is 5.16 Å². The monoisotopic (exact) mass is 196 g/mol. The first-order valence-corrected chi connectivity index (χ1v) is 5.65. The minimum atomic E-state index is 0.827. The van der Waals surface area contributed by atoms with Crippen LogP contribution in [-0.2, 0) is 0 Å². The fourth-order valence-corrected chi connectivity index (χ4v) is 1.58. The topological polar surface area (TPSA) is 41.9 Å². The van der Waals surface area contributed by atoms with Gasteiger partial charge in [-0.3, -0.25) is 4.90 Å². The van der Waals surface area contributed by atoms with Crippen LogP contribution in [0.1, 0.15) is 19.8 Å². The number of hydrogen-bond donors (Lipinski definition) is 0. The van der Waals surface area contributed by atoms with Crippen molar-refractivity contribution in [1.29, 1.82) is 0 Å². The summed E-state index contributed by atoms with van der Waals surface area (Å²) in [6.45, 7) is 3.18. The van der Waals surface area contributed by atoms with E-state index in [1.807, 2.05) is 6.26 Å². The number of fused-ring (bicyclic) bond motifs is 2. The highest BCUT2D eigenvalue weighted by Gasteiger charge is 2.26. The summed E-state index contributed by atoms with van der Waals surface area (Å²) in [6, 6.07) is 0. The minimum Gasteiger partial charge on any atom is -0.278 e. The summed E-state index contributed by atoms with van der Waals surface area (Å²) >= 11 is 1.56. The first-order chi connectivity index (χ1) is 6.35. The van der Waals surface area contributed by atoms with E-state index in [2.05, 4.69) is 26.8 Å². The largest absolute Gasteiger partial charge is 0.278 e. The molecule has 0 fully saturated rings. The van der Waals surface area contributed by atoms with E-state index in [1.165, 1.54) is 12.8 Å². The van der Waals surface area contributed by atoms with Crippen molar-refractivity contribution < 1.29 is 0 Å². The summed E-state index contributed by atoms with van der Waals surface area (Å²) in [5.74, 6) is 1.67. The fraction of sp³-hybridized carbons (Fsp3) is 0.625. The molecule has 0 saturated heterocycles. The van der Waals surface area contributed by atoms with Crippen molar-refractivity contribution in [2.45, 2.75) is 24.9 Å². The second kappa shape index (κ2) is 3.49. The van der Waals surface area contributed by atoms with E-state index in [0.717, 1.165) is 23.6 Å². The number of hydrogen-bond acceptors (Lipinski definition) is 5. The zero-order chi connectivity index (χ0) is 9.26. The molecule has 0 radical (unpaired) electrons. The Balaban J connectivity index is 2.05. The van der Waals surface area contributed by atoms with Crippen LogP contribution < -0.4 is 4.90 Å². The van der Waals surface area contributed by atoms with E-state index in [9.17, 15) is 0 Å². The third kappa shape index (κ3) is 1.48. The molecule has 0 aromatic carbocycles. The van der Waals surface area contributed by atoms with Crippen LogP contribution in [0.2, 0.25) is 0 Å². The molecule has 70 valence electrons. The van der Waals surface area contributed by atoms with E-state index in [-0.39, 0.29) is 0 Å². The summed E-state index contributed by atoms with van der Waals surface area (Å²) < 4.78 is 0. The number of unbranched alkanes of at least 4 members (excludes halogenated alkanes) is 1. The van der Waals surface area contributed by atoms with Gasteiger partial charge >= 0.3 is 0 Å². The molecule has 13 heavy (non-hydrogen) atoms. The molecule has 2 aliphatic heterocycles. The number of nitrogens with zero attached hydrogens (tertiary/aromatic N) is 4. The van der Waals surface area contributed by atoms with Gasteiger partial charge in [0.05, 0.1) is 0 Å². The molecule has 3 heterocycles. The number of thioether (sulfide) groups is 1. The number of aromatic nitrogens is 3. The van der Waals surface area contributed by atoms with Crippen molar-refractivity contribution in [1.82, 2.24) is 15.0 Å². The Labute approximate surface area is 81.8 Å². The van der Waals surface area contributed by atoms with E-state index >= 15 is 0 Å². The molecule has 0 N–H and O–H groups in total. The molecule has 1 aromatic rings. The zero-order valence-electron chi connectivity index (χ0n) is 7.82. The lowest BCUT2D eigenvalue weighted by atomic mass is 10.3. The van der Waals surface area contributed by atoms with Crippen molar-refractivity contribution in [3.05, 3.63) is 0 Å². The zero-order valence-corrected chi connectivity index (χ0v) is 8.63. The second-order valence-corrected chi connectivity index (χ2v) is 3.70. The second-order valence-electron chi connectivity index (χ2n) is 2.93.